The summed E-state index contributed by atoms with van der Waals surface area (Å²) < 4.78 is 7.42. The molecule has 7 nitrogen and oxygen atoms in total. The van der Waals surface area contributed by atoms with E-state index >= 15 is 0 Å². The van der Waals surface area contributed by atoms with Crippen LogP contribution in [0.5, 0.6) is 0 Å². The minimum atomic E-state index is -0.658. The van der Waals surface area contributed by atoms with E-state index in [0.717, 1.165) is 37.1 Å². The van der Waals surface area contributed by atoms with Gasteiger partial charge in [0.25, 0.3) is 5.91 Å². The summed E-state index contributed by atoms with van der Waals surface area (Å²) in [7, 11) is 0. The average Bonchev–Trinajstić information content (AvgIpc) is 3.30. The van der Waals surface area contributed by atoms with Gasteiger partial charge in [-0.15, -0.1) is 0 Å². The number of piperidine rings is 1. The van der Waals surface area contributed by atoms with Crippen LogP contribution in [-0.4, -0.2) is 50.9 Å². The maximum absolute atomic E-state index is 12.8. The van der Waals surface area contributed by atoms with Crippen molar-refractivity contribution in [1.82, 2.24) is 19.7 Å². The Morgan fingerprint density at radius 2 is 2.04 bits per heavy atom. The monoisotopic (exact) mass is 370 g/mol. The Labute approximate surface area is 158 Å². The number of carbonyl (C=O) groups is 1. The summed E-state index contributed by atoms with van der Waals surface area (Å²) in [5.74, 6) is 1.07. The van der Waals surface area contributed by atoms with Gasteiger partial charge in [0.05, 0.1) is 6.54 Å². The fourth-order valence-electron chi connectivity index (χ4n) is 4.18. The van der Waals surface area contributed by atoms with Crippen LogP contribution in [0.15, 0.2) is 35.1 Å². The molecule has 0 spiro atoms. The van der Waals surface area contributed by atoms with E-state index in [1.165, 1.54) is 0 Å². The topological polar surface area (TPSA) is 80.2 Å². The predicted octanol–water partition coefficient (Wildman–Crippen LogP) is 1.89. The molecule has 27 heavy (non-hydrogen) atoms. The van der Waals surface area contributed by atoms with Gasteiger partial charge in [-0.1, -0.05) is 30.3 Å². The number of aromatic amines is 1. The van der Waals surface area contributed by atoms with Gasteiger partial charge in [-0.05, 0) is 38.2 Å². The number of hydrogen-bond acceptors (Lipinski definition) is 4. The highest BCUT2D eigenvalue weighted by Crippen LogP contribution is 2.31. The van der Waals surface area contributed by atoms with Gasteiger partial charge >= 0.3 is 5.69 Å². The molecule has 1 aromatic carbocycles. The van der Waals surface area contributed by atoms with E-state index in [0.29, 0.717) is 26.2 Å². The number of benzene rings is 1. The van der Waals surface area contributed by atoms with Gasteiger partial charge < -0.3 is 9.64 Å². The van der Waals surface area contributed by atoms with Crippen LogP contribution in [0.4, 0.5) is 0 Å². The van der Waals surface area contributed by atoms with Crippen LogP contribution in [-0.2, 0) is 16.1 Å². The number of aromatic nitrogens is 3. The SMILES string of the molecule is CC1(C(=O)N2CCC(c3n[nH]c(=O)n3Cc3ccccc3)CC2)CCCO1. The summed E-state index contributed by atoms with van der Waals surface area (Å²) in [6.07, 6.45) is 3.35. The number of ether oxygens (including phenoxy) is 1. The molecule has 0 radical (unpaired) electrons. The first-order chi connectivity index (χ1) is 13.1. The second kappa shape index (κ2) is 7.31. The molecular formula is C20H26N4O3. The van der Waals surface area contributed by atoms with Crippen molar-refractivity contribution < 1.29 is 9.53 Å². The normalized spacial score (nSPS) is 23.7. The number of H-pyrrole nitrogens is 1. The smallest absolute Gasteiger partial charge is 0.343 e. The average molecular weight is 370 g/mol. The summed E-state index contributed by atoms with van der Waals surface area (Å²) >= 11 is 0. The predicted molar refractivity (Wildman–Crippen MR) is 101 cm³/mol. The van der Waals surface area contributed by atoms with Crippen molar-refractivity contribution in [1.29, 1.82) is 0 Å². The quantitative estimate of drug-likeness (QED) is 0.891. The van der Waals surface area contributed by atoms with E-state index in [9.17, 15) is 9.59 Å². The summed E-state index contributed by atoms with van der Waals surface area (Å²) in [6, 6.07) is 9.91. The van der Waals surface area contributed by atoms with Gasteiger partial charge in [0.1, 0.15) is 11.4 Å². The largest absolute Gasteiger partial charge is 0.365 e. The fourth-order valence-corrected chi connectivity index (χ4v) is 4.18. The van der Waals surface area contributed by atoms with E-state index in [-0.39, 0.29) is 17.5 Å². The molecule has 2 aliphatic rings. The minimum absolute atomic E-state index is 0.0992. The molecule has 0 aliphatic carbocycles. The number of likely N-dealkylation sites (tertiary alicyclic amines) is 1. The highest BCUT2D eigenvalue weighted by molar-refractivity contribution is 5.85. The first kappa shape index (κ1) is 18.0. The molecular weight excluding hydrogens is 344 g/mol. The van der Waals surface area contributed by atoms with Gasteiger partial charge in [0, 0.05) is 25.6 Å². The van der Waals surface area contributed by atoms with Crippen LogP contribution < -0.4 is 5.69 Å². The van der Waals surface area contributed by atoms with Crippen molar-refractivity contribution in [2.75, 3.05) is 19.7 Å². The third-order valence-electron chi connectivity index (χ3n) is 5.79. The van der Waals surface area contributed by atoms with Crippen LogP contribution in [0.1, 0.15) is 49.9 Å². The Bertz CT molecular complexity index is 844. The molecule has 2 aliphatic heterocycles. The molecule has 0 bridgehead atoms. The van der Waals surface area contributed by atoms with Crippen molar-refractivity contribution in [3.63, 3.8) is 0 Å². The molecule has 2 fully saturated rings. The standard InChI is InChI=1S/C20H26N4O3/c1-20(10-5-13-27-20)18(25)23-11-8-16(9-12-23)17-21-22-19(26)24(17)14-15-6-3-2-4-7-15/h2-4,6-7,16H,5,8-14H2,1H3,(H,22,26). The van der Waals surface area contributed by atoms with Crippen molar-refractivity contribution in [3.05, 3.63) is 52.2 Å². The van der Waals surface area contributed by atoms with Gasteiger partial charge in [-0.2, -0.15) is 5.10 Å². The zero-order valence-corrected chi connectivity index (χ0v) is 15.7. The maximum Gasteiger partial charge on any atom is 0.343 e. The molecule has 3 heterocycles. The van der Waals surface area contributed by atoms with E-state index in [2.05, 4.69) is 10.2 Å². The highest BCUT2D eigenvalue weighted by Gasteiger charge is 2.41. The number of hydrogen-bond donors (Lipinski definition) is 1. The first-order valence-corrected chi connectivity index (χ1v) is 9.69. The van der Waals surface area contributed by atoms with Crippen LogP contribution in [0, 0.1) is 0 Å². The lowest BCUT2D eigenvalue weighted by Crippen LogP contribution is -2.49. The Morgan fingerprint density at radius 3 is 2.70 bits per heavy atom. The van der Waals surface area contributed by atoms with Crippen LogP contribution in [0.3, 0.4) is 0 Å². The number of rotatable bonds is 4. The van der Waals surface area contributed by atoms with Gasteiger partial charge in [0.15, 0.2) is 0 Å². The third-order valence-corrected chi connectivity index (χ3v) is 5.79. The zero-order chi connectivity index (χ0) is 18.9. The molecule has 1 amide bonds. The summed E-state index contributed by atoms with van der Waals surface area (Å²) in [4.78, 5) is 27.0. The fraction of sp³-hybridized carbons (Fsp3) is 0.550. The molecule has 2 saturated heterocycles. The van der Waals surface area contributed by atoms with E-state index < -0.39 is 5.60 Å². The van der Waals surface area contributed by atoms with Crippen LogP contribution in [0.2, 0.25) is 0 Å². The van der Waals surface area contributed by atoms with Crippen molar-refractivity contribution >= 4 is 5.91 Å². The number of carbonyl (C=O) groups excluding carboxylic acids is 1. The van der Waals surface area contributed by atoms with Crippen LogP contribution >= 0.6 is 0 Å². The Morgan fingerprint density at radius 1 is 1.30 bits per heavy atom. The molecule has 2 aromatic rings. The van der Waals surface area contributed by atoms with E-state index in [1.54, 1.807) is 4.57 Å². The Kier molecular flexibility index (Phi) is 4.86. The van der Waals surface area contributed by atoms with Crippen LogP contribution in [0.25, 0.3) is 0 Å². The molecule has 4 rings (SSSR count). The molecule has 1 aromatic heterocycles. The molecule has 144 valence electrons. The minimum Gasteiger partial charge on any atom is -0.365 e. The summed E-state index contributed by atoms with van der Waals surface area (Å²) in [5, 5.41) is 6.89. The Hall–Kier alpha value is -2.41. The first-order valence-electron chi connectivity index (χ1n) is 9.69. The molecule has 1 N–H and O–H groups in total. The van der Waals surface area contributed by atoms with E-state index in [1.807, 2.05) is 42.2 Å². The molecule has 1 atom stereocenters. The van der Waals surface area contributed by atoms with Crippen molar-refractivity contribution in [2.24, 2.45) is 0 Å². The molecule has 7 heteroatoms. The van der Waals surface area contributed by atoms with Gasteiger partial charge in [-0.3, -0.25) is 9.36 Å². The second-order valence-corrected chi connectivity index (χ2v) is 7.71. The number of amides is 1. The molecule has 1 unspecified atom stereocenters. The highest BCUT2D eigenvalue weighted by atomic mass is 16.5. The second-order valence-electron chi connectivity index (χ2n) is 7.71. The number of nitrogens with one attached hydrogen (secondary N) is 1. The van der Waals surface area contributed by atoms with Gasteiger partial charge in [-0.25, -0.2) is 9.89 Å². The number of nitrogens with zero attached hydrogens (tertiary/aromatic N) is 3. The molecule has 0 saturated carbocycles. The van der Waals surface area contributed by atoms with Gasteiger partial charge in [0.2, 0.25) is 0 Å². The summed E-state index contributed by atoms with van der Waals surface area (Å²) in [5.41, 5.74) is 0.231. The summed E-state index contributed by atoms with van der Waals surface area (Å²) in [6.45, 7) is 4.43. The van der Waals surface area contributed by atoms with Crippen molar-refractivity contribution in [3.8, 4) is 0 Å². The maximum atomic E-state index is 12.8. The lowest BCUT2D eigenvalue weighted by molar-refractivity contribution is -0.152. The lowest BCUT2D eigenvalue weighted by atomic mass is 9.93. The van der Waals surface area contributed by atoms with Crippen molar-refractivity contribution in [2.45, 2.75) is 50.7 Å². The Balaban J connectivity index is 1.44. The lowest BCUT2D eigenvalue weighted by Gasteiger charge is -2.36. The van der Waals surface area contributed by atoms with E-state index in [4.69, 9.17) is 4.74 Å². The third kappa shape index (κ3) is 3.56. The zero-order valence-electron chi connectivity index (χ0n) is 15.7.